The molecular formula is C42H46F3N7O11. The maximum atomic E-state index is 14.9. The van der Waals surface area contributed by atoms with E-state index in [0.717, 1.165) is 27.8 Å². The molecule has 0 aliphatic carbocycles. The number of carbonyl (C=O) groups excluding carboxylic acids is 4. The third-order valence-corrected chi connectivity index (χ3v) is 9.25. The van der Waals surface area contributed by atoms with Crippen LogP contribution in [0.5, 0.6) is 0 Å². The summed E-state index contributed by atoms with van der Waals surface area (Å²) in [5.74, 6) is -4.53. The summed E-state index contributed by atoms with van der Waals surface area (Å²) < 4.78 is 60.8. The minimum atomic E-state index is -5.31. The summed E-state index contributed by atoms with van der Waals surface area (Å²) in [5, 5.41) is 16.7. The van der Waals surface area contributed by atoms with Crippen LogP contribution in [0.3, 0.4) is 0 Å². The van der Waals surface area contributed by atoms with Crippen molar-refractivity contribution in [1.82, 2.24) is 30.4 Å². The number of carbonyl (C=O) groups is 5. The number of rotatable bonds is 19. The molecule has 0 aliphatic rings. The third-order valence-electron chi connectivity index (χ3n) is 9.25. The Labute approximate surface area is 358 Å². The zero-order chi connectivity index (χ0) is 46.0. The number of nitrogens with zero attached hydrogens (tertiary/aromatic N) is 3. The topological polar surface area (TPSA) is 240 Å². The number of H-pyrrole nitrogens is 1. The van der Waals surface area contributed by atoms with Crippen molar-refractivity contribution in [1.29, 1.82) is 0 Å². The average molecular weight is 882 g/mol. The van der Waals surface area contributed by atoms with Crippen molar-refractivity contribution in [3.05, 3.63) is 140 Å². The number of nitrogens with one attached hydrogen (secondary N) is 4. The molecule has 5 N–H and O–H groups in total. The molecule has 0 unspecified atom stereocenters. The fourth-order valence-corrected chi connectivity index (χ4v) is 6.10. The van der Waals surface area contributed by atoms with Gasteiger partial charge < -0.3 is 29.5 Å². The number of amides is 4. The van der Waals surface area contributed by atoms with Gasteiger partial charge in [-0.2, -0.15) is 13.2 Å². The van der Waals surface area contributed by atoms with Gasteiger partial charge in [0, 0.05) is 43.6 Å². The first-order valence-electron chi connectivity index (χ1n) is 19.3. The summed E-state index contributed by atoms with van der Waals surface area (Å²) in [6, 6.07) is 22.2. The number of guanidine groups is 1. The van der Waals surface area contributed by atoms with Gasteiger partial charge in [-0.15, -0.1) is 0 Å². The zero-order valence-electron chi connectivity index (χ0n) is 34.2. The van der Waals surface area contributed by atoms with E-state index in [4.69, 9.17) is 14.2 Å². The Morgan fingerprint density at radius 1 is 0.841 bits per heavy atom. The first-order valence-corrected chi connectivity index (χ1v) is 19.3. The van der Waals surface area contributed by atoms with Crippen LogP contribution in [-0.2, 0) is 54.0 Å². The number of methoxy groups -OCH3 is 1. The summed E-state index contributed by atoms with van der Waals surface area (Å²) in [6.45, 7) is -1.40. The molecule has 0 fully saturated rings. The molecule has 0 spiro atoms. The van der Waals surface area contributed by atoms with Crippen LogP contribution in [0.1, 0.15) is 41.5 Å². The summed E-state index contributed by atoms with van der Waals surface area (Å²) >= 11 is 0. The highest BCUT2D eigenvalue weighted by molar-refractivity contribution is 6.01. The molecule has 21 heteroatoms. The monoisotopic (exact) mass is 881 g/mol. The van der Waals surface area contributed by atoms with E-state index in [1.165, 1.54) is 25.1 Å². The minimum Gasteiger partial charge on any atom is -0.480 e. The number of aromatic nitrogens is 2. The Balaban J connectivity index is 1.56. The molecule has 2 atom stereocenters. The maximum absolute atomic E-state index is 14.9. The predicted molar refractivity (Wildman–Crippen MR) is 219 cm³/mol. The summed E-state index contributed by atoms with van der Waals surface area (Å²) in [4.78, 5) is 96.0. The van der Waals surface area contributed by atoms with Crippen molar-refractivity contribution < 1.29 is 56.5 Å². The van der Waals surface area contributed by atoms with Crippen LogP contribution < -0.4 is 27.2 Å². The SMILES string of the molecule is CO[C@@](C(=O)N[C@H](CCCCN=C(NC(=O)OCc1ccccc1)NC(=O)OCc1ccccc1)CN(CC(=O)O)C(=O)Cn1cc(C)c(=O)[nH]c1=O)(c1ccccc1)C(F)(F)F. The van der Waals surface area contributed by atoms with Crippen LogP contribution in [0.25, 0.3) is 0 Å². The Kier molecular flexibility index (Phi) is 17.7. The van der Waals surface area contributed by atoms with Crippen LogP contribution >= 0.6 is 0 Å². The van der Waals surface area contributed by atoms with Crippen molar-refractivity contribution in [3.63, 3.8) is 0 Å². The van der Waals surface area contributed by atoms with Crippen molar-refractivity contribution in [3.8, 4) is 0 Å². The number of aliphatic carboxylic acids is 1. The molecule has 336 valence electrons. The number of hydrogen-bond acceptors (Lipinski definition) is 11. The molecule has 4 aromatic rings. The van der Waals surface area contributed by atoms with Crippen LogP contribution in [0, 0.1) is 6.92 Å². The Morgan fingerprint density at radius 2 is 1.38 bits per heavy atom. The minimum absolute atomic E-state index is 0.0592. The third kappa shape index (κ3) is 14.4. The number of ether oxygens (including phenoxy) is 3. The highest BCUT2D eigenvalue weighted by atomic mass is 19.4. The number of unbranched alkanes of at least 4 members (excludes halogenated alkanes) is 1. The van der Waals surface area contributed by atoms with E-state index in [0.29, 0.717) is 18.2 Å². The number of aromatic amines is 1. The standard InChI is InChI=1S/C42H46F3N7O11/c1-28-22-52(38(58)48-35(28)56)24-33(53)51(25-34(54)55)23-32(47-36(57)41(61-2,42(43,44)45)31-18-10-5-11-19-31)20-12-13-21-46-37(49-39(59)62-26-29-14-6-3-7-15-29)50-40(60)63-27-30-16-8-4-9-17-30/h3-11,14-19,22,32H,12-13,20-21,23-27H2,1-2H3,(H,47,57)(H,54,55)(H,48,56,58)(H2,46,49,50,59,60)/t32-,41-/m1/s1. The lowest BCUT2D eigenvalue weighted by Crippen LogP contribution is -2.59. The van der Waals surface area contributed by atoms with Crippen LogP contribution in [0.15, 0.2) is 112 Å². The molecule has 3 aromatic carbocycles. The molecule has 18 nitrogen and oxygen atoms in total. The van der Waals surface area contributed by atoms with Gasteiger partial charge in [0.2, 0.25) is 11.9 Å². The molecule has 0 saturated carbocycles. The van der Waals surface area contributed by atoms with Gasteiger partial charge in [-0.1, -0.05) is 91.0 Å². The molecule has 4 rings (SSSR count). The molecule has 0 saturated heterocycles. The summed E-state index contributed by atoms with van der Waals surface area (Å²) in [5.41, 5.74) is -4.38. The summed E-state index contributed by atoms with van der Waals surface area (Å²) in [6.07, 6.45) is -6.20. The number of alkyl halides is 3. The van der Waals surface area contributed by atoms with E-state index in [9.17, 15) is 51.8 Å². The van der Waals surface area contributed by atoms with Gasteiger partial charge in [-0.3, -0.25) is 44.4 Å². The predicted octanol–water partition coefficient (Wildman–Crippen LogP) is 3.73. The van der Waals surface area contributed by atoms with Crippen molar-refractivity contribution in [2.45, 2.75) is 63.8 Å². The Bertz CT molecular complexity index is 2270. The van der Waals surface area contributed by atoms with Crippen molar-refractivity contribution in [2.75, 3.05) is 26.7 Å². The normalized spacial score (nSPS) is 12.5. The highest BCUT2D eigenvalue weighted by Gasteiger charge is 2.62. The second kappa shape index (κ2) is 23.1. The molecular weight excluding hydrogens is 835 g/mol. The highest BCUT2D eigenvalue weighted by Crippen LogP contribution is 2.42. The maximum Gasteiger partial charge on any atom is 0.430 e. The van der Waals surface area contributed by atoms with E-state index in [-0.39, 0.29) is 50.5 Å². The van der Waals surface area contributed by atoms with Gasteiger partial charge >= 0.3 is 30.0 Å². The van der Waals surface area contributed by atoms with Crippen LogP contribution in [0.2, 0.25) is 0 Å². The second-order valence-electron chi connectivity index (χ2n) is 13.9. The molecule has 1 heterocycles. The quantitative estimate of drug-likeness (QED) is 0.0517. The Hall–Kier alpha value is -7.29. The van der Waals surface area contributed by atoms with Gasteiger partial charge in [0.15, 0.2) is 0 Å². The molecule has 63 heavy (non-hydrogen) atoms. The first-order chi connectivity index (χ1) is 30.0. The number of aryl methyl sites for hydroxylation is 1. The number of carboxylic acids is 1. The molecule has 1 aromatic heterocycles. The van der Waals surface area contributed by atoms with Gasteiger partial charge in [0.05, 0.1) is 0 Å². The fourth-order valence-electron chi connectivity index (χ4n) is 6.10. The van der Waals surface area contributed by atoms with E-state index in [1.807, 2.05) is 4.98 Å². The first kappa shape index (κ1) is 48.4. The van der Waals surface area contributed by atoms with Crippen LogP contribution in [0.4, 0.5) is 22.8 Å². The van der Waals surface area contributed by atoms with E-state index in [1.54, 1.807) is 60.7 Å². The molecule has 0 bridgehead atoms. The van der Waals surface area contributed by atoms with Crippen molar-refractivity contribution in [2.24, 2.45) is 4.99 Å². The zero-order valence-corrected chi connectivity index (χ0v) is 34.2. The number of halogens is 3. The number of carboxylic acid groups (broad SMARTS) is 1. The van der Waals surface area contributed by atoms with E-state index >= 15 is 0 Å². The number of hydrogen-bond donors (Lipinski definition) is 5. The largest absolute Gasteiger partial charge is 0.480 e. The Morgan fingerprint density at radius 3 is 1.89 bits per heavy atom. The number of alkyl carbamates (subject to hydrolysis) is 2. The molecule has 4 amide bonds. The lowest BCUT2D eigenvalue weighted by Gasteiger charge is -2.35. The smallest absolute Gasteiger partial charge is 0.430 e. The van der Waals surface area contributed by atoms with Gasteiger partial charge in [0.1, 0.15) is 26.3 Å². The van der Waals surface area contributed by atoms with E-state index < -0.39 is 84.2 Å². The second-order valence-corrected chi connectivity index (χ2v) is 13.9. The summed E-state index contributed by atoms with van der Waals surface area (Å²) in [7, 11) is 0.700. The van der Waals surface area contributed by atoms with Crippen LogP contribution in [-0.4, -0.2) is 94.4 Å². The average Bonchev–Trinajstić information content (AvgIpc) is 3.24. The van der Waals surface area contributed by atoms with Crippen molar-refractivity contribution >= 4 is 35.9 Å². The fraction of sp³-hybridized carbons (Fsp3) is 0.333. The lowest BCUT2D eigenvalue weighted by molar-refractivity contribution is -0.266. The number of aliphatic imine (C=N–C) groups is 1. The molecule has 0 radical (unpaired) electrons. The van der Waals surface area contributed by atoms with E-state index in [2.05, 4.69) is 20.9 Å². The van der Waals surface area contributed by atoms with Gasteiger partial charge in [-0.05, 0) is 37.3 Å². The number of benzene rings is 3. The van der Waals surface area contributed by atoms with Gasteiger partial charge in [-0.25, -0.2) is 14.4 Å². The lowest BCUT2D eigenvalue weighted by atomic mass is 9.91. The molecule has 0 aliphatic heterocycles. The van der Waals surface area contributed by atoms with Gasteiger partial charge in [0.25, 0.3) is 17.1 Å².